The summed E-state index contributed by atoms with van der Waals surface area (Å²) in [4.78, 5) is 37.4. The number of carbonyl (C=O) groups excluding carboxylic acids is 1. The van der Waals surface area contributed by atoms with E-state index in [0.29, 0.717) is 11.6 Å². The summed E-state index contributed by atoms with van der Waals surface area (Å²) in [5, 5.41) is 14.2. The number of anilines is 1. The van der Waals surface area contributed by atoms with Crippen molar-refractivity contribution in [3.63, 3.8) is 0 Å². The quantitative estimate of drug-likeness (QED) is 0.624. The van der Waals surface area contributed by atoms with E-state index in [-0.39, 0.29) is 25.3 Å². The Morgan fingerprint density at radius 3 is 2.52 bits per heavy atom. The molecule has 2 rings (SSSR count). The fourth-order valence-electron chi connectivity index (χ4n) is 2.26. The van der Waals surface area contributed by atoms with Crippen LogP contribution in [0.5, 0.6) is 0 Å². The highest BCUT2D eigenvalue weighted by molar-refractivity contribution is 5.89. The van der Waals surface area contributed by atoms with E-state index in [1.54, 1.807) is 0 Å². The molecule has 134 valence electrons. The van der Waals surface area contributed by atoms with Crippen molar-refractivity contribution in [2.45, 2.75) is 32.9 Å². The maximum atomic E-state index is 12.0. The number of hydrogen-bond acceptors (Lipinski definition) is 4. The summed E-state index contributed by atoms with van der Waals surface area (Å²) in [7, 11) is 0. The maximum absolute atomic E-state index is 12.0. The van der Waals surface area contributed by atoms with Crippen molar-refractivity contribution in [2.75, 3.05) is 11.9 Å². The van der Waals surface area contributed by atoms with Crippen molar-refractivity contribution >= 4 is 11.7 Å². The summed E-state index contributed by atoms with van der Waals surface area (Å²) in [6.45, 7) is 3.96. The Morgan fingerprint density at radius 1 is 1.24 bits per heavy atom. The van der Waals surface area contributed by atoms with Gasteiger partial charge in [0.05, 0.1) is 25.3 Å². The van der Waals surface area contributed by atoms with Crippen LogP contribution in [0.15, 0.2) is 40.1 Å². The van der Waals surface area contributed by atoms with Crippen molar-refractivity contribution in [1.29, 1.82) is 0 Å². The molecule has 0 aliphatic carbocycles. The minimum atomic E-state index is -0.600. The zero-order valence-electron chi connectivity index (χ0n) is 14.2. The summed E-state index contributed by atoms with van der Waals surface area (Å²) < 4.78 is 1.18. The number of aromatic nitrogens is 2. The third-order valence-corrected chi connectivity index (χ3v) is 3.70. The molecule has 25 heavy (non-hydrogen) atoms. The Bertz CT molecular complexity index is 837. The molecule has 1 heterocycles. The van der Waals surface area contributed by atoms with Crippen LogP contribution in [-0.2, 0) is 13.1 Å². The van der Waals surface area contributed by atoms with Crippen LogP contribution >= 0.6 is 0 Å². The van der Waals surface area contributed by atoms with Crippen molar-refractivity contribution < 1.29 is 9.90 Å². The first kappa shape index (κ1) is 18.5. The molecule has 0 saturated heterocycles. The number of hydrogen-bond donors (Lipinski definition) is 4. The van der Waals surface area contributed by atoms with Crippen LogP contribution in [0.4, 0.5) is 10.5 Å². The van der Waals surface area contributed by atoms with Crippen molar-refractivity contribution in [1.82, 2.24) is 14.9 Å². The lowest BCUT2D eigenvalue weighted by molar-refractivity contribution is 0.251. The van der Waals surface area contributed by atoms with Crippen LogP contribution < -0.4 is 21.9 Å². The number of amides is 2. The normalized spacial score (nSPS) is 10.7. The Balaban J connectivity index is 1.99. The van der Waals surface area contributed by atoms with Gasteiger partial charge in [0.15, 0.2) is 0 Å². The molecule has 4 N–H and O–H groups in total. The Hall–Kier alpha value is -2.87. The molecule has 8 nitrogen and oxygen atoms in total. The number of H-pyrrole nitrogens is 1. The maximum Gasteiger partial charge on any atom is 0.328 e. The van der Waals surface area contributed by atoms with Crippen LogP contribution in [0.3, 0.4) is 0 Å². The predicted octanol–water partition coefficient (Wildman–Crippen LogP) is 0.974. The zero-order chi connectivity index (χ0) is 18.4. The lowest BCUT2D eigenvalue weighted by Crippen LogP contribution is -2.36. The Kier molecular flexibility index (Phi) is 6.13. The van der Waals surface area contributed by atoms with Crippen molar-refractivity contribution in [3.8, 4) is 0 Å². The number of rotatable bonds is 6. The molecule has 1 aromatic heterocycles. The van der Waals surface area contributed by atoms with E-state index < -0.39 is 17.3 Å². The molecule has 0 bridgehead atoms. The molecular formula is C17H22N4O4. The van der Waals surface area contributed by atoms with E-state index in [1.807, 2.05) is 24.3 Å². The molecule has 0 saturated carbocycles. The van der Waals surface area contributed by atoms with E-state index in [9.17, 15) is 14.4 Å². The predicted molar refractivity (Wildman–Crippen MR) is 94.8 cm³/mol. The summed E-state index contributed by atoms with van der Waals surface area (Å²) >= 11 is 0. The standard InChI is InChI=1S/C17H22N4O4/c1-11(2)12-3-5-14(6-4-12)19-16(24)18-9-13-10-21(7-8-22)17(25)20-15(13)23/h3-6,10-11,22H,7-9H2,1-2H3,(H2,18,19,24)(H,20,23,25). The molecule has 0 radical (unpaired) electrons. The number of carbonyl (C=O) groups is 1. The molecule has 0 aliphatic heterocycles. The van der Waals surface area contributed by atoms with Gasteiger partial charge in [-0.15, -0.1) is 0 Å². The smallest absolute Gasteiger partial charge is 0.328 e. The lowest BCUT2D eigenvalue weighted by atomic mass is 10.0. The van der Waals surface area contributed by atoms with E-state index in [0.717, 1.165) is 0 Å². The van der Waals surface area contributed by atoms with Crippen LogP contribution in [0, 0.1) is 0 Å². The Morgan fingerprint density at radius 2 is 1.92 bits per heavy atom. The highest BCUT2D eigenvalue weighted by atomic mass is 16.3. The summed E-state index contributed by atoms with van der Waals surface area (Å²) in [5.74, 6) is 0.407. The minimum absolute atomic E-state index is 0.0447. The SMILES string of the molecule is CC(C)c1ccc(NC(=O)NCc2cn(CCO)c(=O)[nH]c2=O)cc1. The second-order valence-electron chi connectivity index (χ2n) is 5.92. The zero-order valence-corrected chi connectivity index (χ0v) is 14.2. The van der Waals surface area contributed by atoms with Crippen LogP contribution in [-0.4, -0.2) is 27.3 Å². The lowest BCUT2D eigenvalue weighted by Gasteiger charge is -2.10. The number of benzene rings is 1. The van der Waals surface area contributed by atoms with Crippen molar-refractivity contribution in [2.24, 2.45) is 0 Å². The molecule has 2 aromatic rings. The number of aliphatic hydroxyl groups excluding tert-OH is 1. The topological polar surface area (TPSA) is 116 Å². The third kappa shape index (κ3) is 5.05. The fourth-order valence-corrected chi connectivity index (χ4v) is 2.26. The molecule has 2 amide bonds. The van der Waals surface area contributed by atoms with Gasteiger partial charge in [0.25, 0.3) is 5.56 Å². The fraction of sp³-hybridized carbons (Fsp3) is 0.353. The van der Waals surface area contributed by atoms with E-state index >= 15 is 0 Å². The average Bonchev–Trinajstić information content (AvgIpc) is 2.57. The van der Waals surface area contributed by atoms with E-state index in [1.165, 1.54) is 16.3 Å². The van der Waals surface area contributed by atoms with Gasteiger partial charge in [-0.05, 0) is 23.6 Å². The second kappa shape index (κ2) is 8.29. The molecule has 1 aromatic carbocycles. The van der Waals surface area contributed by atoms with Gasteiger partial charge in [0, 0.05) is 11.9 Å². The highest BCUT2D eigenvalue weighted by Crippen LogP contribution is 2.16. The first-order valence-corrected chi connectivity index (χ1v) is 7.99. The van der Waals surface area contributed by atoms with Gasteiger partial charge < -0.3 is 15.7 Å². The molecule has 0 unspecified atom stereocenters. The molecule has 0 aliphatic rings. The third-order valence-electron chi connectivity index (χ3n) is 3.70. The van der Waals surface area contributed by atoms with Gasteiger partial charge >= 0.3 is 11.7 Å². The van der Waals surface area contributed by atoms with E-state index in [2.05, 4.69) is 29.5 Å². The molecule has 8 heteroatoms. The Labute approximate surface area is 144 Å². The largest absolute Gasteiger partial charge is 0.395 e. The first-order chi connectivity index (χ1) is 11.9. The van der Waals surface area contributed by atoms with Gasteiger partial charge in [-0.1, -0.05) is 26.0 Å². The summed E-state index contributed by atoms with van der Waals surface area (Å²) in [6.07, 6.45) is 1.33. The van der Waals surface area contributed by atoms with Crippen LogP contribution in [0.25, 0.3) is 0 Å². The number of urea groups is 1. The molecule has 0 atom stereocenters. The minimum Gasteiger partial charge on any atom is -0.395 e. The number of nitrogens with one attached hydrogen (secondary N) is 3. The molecule has 0 fully saturated rings. The number of aromatic amines is 1. The monoisotopic (exact) mass is 346 g/mol. The van der Waals surface area contributed by atoms with Crippen molar-refractivity contribution in [3.05, 3.63) is 62.4 Å². The van der Waals surface area contributed by atoms with Crippen LogP contribution in [0.2, 0.25) is 0 Å². The van der Waals surface area contributed by atoms with Gasteiger partial charge in [-0.25, -0.2) is 9.59 Å². The molecule has 0 spiro atoms. The van der Waals surface area contributed by atoms with Gasteiger partial charge in [-0.3, -0.25) is 14.3 Å². The van der Waals surface area contributed by atoms with Gasteiger partial charge in [0.1, 0.15) is 0 Å². The molecular weight excluding hydrogens is 324 g/mol. The highest BCUT2D eigenvalue weighted by Gasteiger charge is 2.07. The summed E-state index contributed by atoms with van der Waals surface area (Å²) in [6, 6.07) is 7.04. The number of nitrogens with zero attached hydrogens (tertiary/aromatic N) is 1. The summed E-state index contributed by atoms with van der Waals surface area (Å²) in [5.41, 5.74) is 0.862. The first-order valence-electron chi connectivity index (χ1n) is 7.99. The van der Waals surface area contributed by atoms with Gasteiger partial charge in [0.2, 0.25) is 0 Å². The second-order valence-corrected chi connectivity index (χ2v) is 5.92. The van der Waals surface area contributed by atoms with Crippen LogP contribution in [0.1, 0.15) is 30.9 Å². The average molecular weight is 346 g/mol. The number of aliphatic hydroxyl groups is 1. The van der Waals surface area contributed by atoms with Gasteiger partial charge in [-0.2, -0.15) is 0 Å². The van der Waals surface area contributed by atoms with E-state index in [4.69, 9.17) is 5.11 Å².